The van der Waals surface area contributed by atoms with E-state index in [0.717, 1.165) is 45.6 Å². The summed E-state index contributed by atoms with van der Waals surface area (Å²) in [6.07, 6.45) is 2.65. The van der Waals surface area contributed by atoms with Crippen LogP contribution < -0.4 is 0 Å². The van der Waals surface area contributed by atoms with Crippen LogP contribution in [0.3, 0.4) is 0 Å². The average molecular weight is 336 g/mol. The van der Waals surface area contributed by atoms with E-state index < -0.39 is 0 Å². The smallest absolute Gasteiger partial charge is 0.246 e. The predicted molar refractivity (Wildman–Crippen MR) is 87.9 cm³/mol. The lowest BCUT2D eigenvalue weighted by molar-refractivity contribution is -0.199. The van der Waals surface area contributed by atoms with Crippen LogP contribution in [0.4, 0.5) is 0 Å². The highest BCUT2D eigenvalue weighted by Crippen LogP contribution is 2.45. The summed E-state index contributed by atoms with van der Waals surface area (Å²) in [6.45, 7) is 5.88. The Balaban J connectivity index is 1.41. The summed E-state index contributed by atoms with van der Waals surface area (Å²) < 4.78 is 5.75. The van der Waals surface area contributed by atoms with Gasteiger partial charge in [-0.2, -0.15) is 0 Å². The van der Waals surface area contributed by atoms with Crippen LogP contribution in [-0.4, -0.2) is 55.3 Å². The van der Waals surface area contributed by atoms with E-state index in [2.05, 4.69) is 22.4 Å². The van der Waals surface area contributed by atoms with Gasteiger partial charge in [0.25, 0.3) is 0 Å². The Labute approximate surface area is 141 Å². The SMILES string of the molecule is O=C(C[C@@]12COC[C@@H]1CN(Cc1cccs1)C2)N1CCCCO1. The molecule has 3 saturated heterocycles. The van der Waals surface area contributed by atoms with Crippen molar-refractivity contribution in [2.45, 2.75) is 25.8 Å². The lowest BCUT2D eigenvalue weighted by Crippen LogP contribution is -2.41. The van der Waals surface area contributed by atoms with E-state index in [1.54, 1.807) is 16.4 Å². The van der Waals surface area contributed by atoms with Crippen LogP contribution >= 0.6 is 11.3 Å². The first-order chi connectivity index (χ1) is 11.3. The Morgan fingerprint density at radius 2 is 2.39 bits per heavy atom. The molecule has 0 spiro atoms. The molecule has 3 aliphatic rings. The van der Waals surface area contributed by atoms with Crippen molar-refractivity contribution in [2.75, 3.05) is 39.5 Å². The molecule has 4 heterocycles. The van der Waals surface area contributed by atoms with Gasteiger partial charge in [-0.3, -0.25) is 14.5 Å². The number of ether oxygens (including phenoxy) is 1. The van der Waals surface area contributed by atoms with Crippen molar-refractivity contribution < 1.29 is 14.4 Å². The van der Waals surface area contributed by atoms with E-state index in [4.69, 9.17) is 9.57 Å². The van der Waals surface area contributed by atoms with Crippen molar-refractivity contribution in [2.24, 2.45) is 11.3 Å². The number of rotatable bonds is 4. The Morgan fingerprint density at radius 3 is 3.17 bits per heavy atom. The van der Waals surface area contributed by atoms with Gasteiger partial charge in [0.1, 0.15) is 0 Å². The molecule has 0 aliphatic carbocycles. The summed E-state index contributed by atoms with van der Waals surface area (Å²) in [4.78, 5) is 22.1. The third-order valence-corrected chi connectivity index (χ3v) is 6.20. The number of hydrogen-bond acceptors (Lipinski definition) is 5. The predicted octanol–water partition coefficient (Wildman–Crippen LogP) is 2.14. The molecule has 4 rings (SSSR count). The van der Waals surface area contributed by atoms with Gasteiger partial charge in [-0.05, 0) is 24.3 Å². The van der Waals surface area contributed by atoms with Gasteiger partial charge in [-0.15, -0.1) is 11.3 Å². The number of hydroxylamine groups is 2. The molecule has 3 fully saturated rings. The fourth-order valence-electron chi connectivity index (χ4n) is 4.12. The normalized spacial score (nSPS) is 31.5. The van der Waals surface area contributed by atoms with Gasteiger partial charge < -0.3 is 4.74 Å². The number of amides is 1. The van der Waals surface area contributed by atoms with Crippen LogP contribution in [0.2, 0.25) is 0 Å². The van der Waals surface area contributed by atoms with Crippen LogP contribution in [0.5, 0.6) is 0 Å². The molecule has 126 valence electrons. The second kappa shape index (κ2) is 6.51. The third-order valence-electron chi connectivity index (χ3n) is 5.34. The quantitative estimate of drug-likeness (QED) is 0.845. The van der Waals surface area contributed by atoms with E-state index in [-0.39, 0.29) is 11.3 Å². The maximum atomic E-state index is 12.6. The van der Waals surface area contributed by atoms with Crippen LogP contribution in [0.1, 0.15) is 24.1 Å². The molecule has 1 amide bonds. The lowest BCUT2D eigenvalue weighted by atomic mass is 9.78. The zero-order chi connectivity index (χ0) is 15.7. The summed E-state index contributed by atoms with van der Waals surface area (Å²) >= 11 is 1.81. The second-order valence-corrected chi connectivity index (χ2v) is 8.07. The summed E-state index contributed by atoms with van der Waals surface area (Å²) in [5, 5.41) is 3.72. The van der Waals surface area contributed by atoms with Crippen molar-refractivity contribution in [3.05, 3.63) is 22.4 Å². The minimum Gasteiger partial charge on any atom is -0.380 e. The van der Waals surface area contributed by atoms with Gasteiger partial charge >= 0.3 is 0 Å². The molecule has 0 saturated carbocycles. The number of carbonyl (C=O) groups excluding carboxylic acids is 1. The number of likely N-dealkylation sites (tertiary alicyclic amines) is 1. The van der Waals surface area contributed by atoms with Crippen LogP contribution in [0, 0.1) is 11.3 Å². The number of thiophene rings is 1. The topological polar surface area (TPSA) is 42.0 Å². The summed E-state index contributed by atoms with van der Waals surface area (Å²) in [7, 11) is 0. The average Bonchev–Trinajstić information content (AvgIpc) is 3.25. The summed E-state index contributed by atoms with van der Waals surface area (Å²) in [6, 6.07) is 4.29. The Bertz CT molecular complexity index is 544. The standard InChI is InChI=1S/C17H24N2O3S/c20-16(19-5-1-2-6-22-19)8-17-12-18(9-14(17)11-21-13-17)10-15-4-3-7-23-15/h3-4,7,14H,1-2,5-6,8-13H2/t14-,17+/m0/s1. The largest absolute Gasteiger partial charge is 0.380 e. The monoisotopic (exact) mass is 336 g/mol. The number of fused-ring (bicyclic) bond motifs is 1. The van der Waals surface area contributed by atoms with Gasteiger partial charge in [0.15, 0.2) is 0 Å². The molecule has 2 atom stereocenters. The highest BCUT2D eigenvalue weighted by molar-refractivity contribution is 7.09. The van der Waals surface area contributed by atoms with Crippen LogP contribution in [0.15, 0.2) is 17.5 Å². The molecule has 0 radical (unpaired) electrons. The fourth-order valence-corrected chi connectivity index (χ4v) is 4.87. The molecule has 23 heavy (non-hydrogen) atoms. The van der Waals surface area contributed by atoms with Gasteiger partial charge in [0.2, 0.25) is 5.91 Å². The Hall–Kier alpha value is -0.950. The molecule has 1 aromatic rings. The first-order valence-corrected chi connectivity index (χ1v) is 9.39. The fraction of sp³-hybridized carbons (Fsp3) is 0.706. The third kappa shape index (κ3) is 3.18. The Morgan fingerprint density at radius 1 is 1.43 bits per heavy atom. The molecule has 3 aliphatic heterocycles. The minimum atomic E-state index is -0.0187. The van der Waals surface area contributed by atoms with Crippen molar-refractivity contribution in [1.82, 2.24) is 9.96 Å². The van der Waals surface area contributed by atoms with Gasteiger partial charge in [-0.1, -0.05) is 6.07 Å². The summed E-state index contributed by atoms with van der Waals surface area (Å²) in [5.41, 5.74) is -0.0187. The van der Waals surface area contributed by atoms with Gasteiger partial charge in [0.05, 0.1) is 19.8 Å². The number of carbonyl (C=O) groups is 1. The maximum absolute atomic E-state index is 12.6. The van der Waals surface area contributed by atoms with E-state index in [0.29, 0.717) is 25.6 Å². The molecule has 0 bridgehead atoms. The number of hydrogen-bond donors (Lipinski definition) is 0. The molecule has 1 aromatic heterocycles. The summed E-state index contributed by atoms with van der Waals surface area (Å²) in [5.74, 6) is 0.606. The molecule has 5 nitrogen and oxygen atoms in total. The molecule has 6 heteroatoms. The maximum Gasteiger partial charge on any atom is 0.246 e. The van der Waals surface area contributed by atoms with E-state index in [1.165, 1.54) is 4.88 Å². The van der Waals surface area contributed by atoms with Crippen LogP contribution in [-0.2, 0) is 20.9 Å². The van der Waals surface area contributed by atoms with Crippen LogP contribution in [0.25, 0.3) is 0 Å². The van der Waals surface area contributed by atoms with Gasteiger partial charge in [-0.25, -0.2) is 5.06 Å². The minimum absolute atomic E-state index is 0.0187. The molecule has 0 unspecified atom stereocenters. The first-order valence-electron chi connectivity index (χ1n) is 8.51. The highest BCUT2D eigenvalue weighted by Gasteiger charge is 2.52. The van der Waals surface area contributed by atoms with E-state index in [9.17, 15) is 4.79 Å². The highest BCUT2D eigenvalue weighted by atomic mass is 32.1. The molecular formula is C17H24N2O3S. The second-order valence-electron chi connectivity index (χ2n) is 7.04. The van der Waals surface area contributed by atoms with E-state index >= 15 is 0 Å². The molecular weight excluding hydrogens is 312 g/mol. The van der Waals surface area contributed by atoms with Crippen molar-refractivity contribution >= 4 is 17.2 Å². The Kier molecular flexibility index (Phi) is 4.41. The first kappa shape index (κ1) is 15.6. The number of nitrogens with zero attached hydrogens (tertiary/aromatic N) is 2. The zero-order valence-corrected chi connectivity index (χ0v) is 14.2. The lowest BCUT2D eigenvalue weighted by Gasteiger charge is -2.31. The van der Waals surface area contributed by atoms with Crippen molar-refractivity contribution in [3.63, 3.8) is 0 Å². The van der Waals surface area contributed by atoms with Crippen molar-refractivity contribution in [1.29, 1.82) is 0 Å². The molecule has 0 N–H and O–H groups in total. The van der Waals surface area contributed by atoms with Crippen molar-refractivity contribution in [3.8, 4) is 0 Å². The molecule has 0 aromatic carbocycles. The van der Waals surface area contributed by atoms with Gasteiger partial charge in [0, 0.05) is 48.8 Å². The zero-order valence-electron chi connectivity index (χ0n) is 13.4. The van der Waals surface area contributed by atoms with E-state index in [1.807, 2.05) is 0 Å².